The third-order valence-electron chi connectivity index (χ3n) is 3.87. The molecule has 0 aromatic rings. The van der Waals surface area contributed by atoms with Crippen molar-refractivity contribution in [3.8, 4) is 0 Å². The van der Waals surface area contributed by atoms with E-state index < -0.39 is 5.97 Å². The number of aliphatic carboxylic acids is 1. The Morgan fingerprint density at radius 3 is 2.38 bits per heavy atom. The molecule has 4 nitrogen and oxygen atoms in total. The maximum atomic E-state index is 12.1. The van der Waals surface area contributed by atoms with Crippen LogP contribution in [0.25, 0.3) is 0 Å². The SMILES string of the molecule is CC1CCN(C(=O)[C@@H]2CC[C@H](C(=O)O)C2)C1. The van der Waals surface area contributed by atoms with Crippen LogP contribution in [0, 0.1) is 17.8 Å². The Morgan fingerprint density at radius 2 is 1.88 bits per heavy atom. The molecule has 1 amide bonds. The van der Waals surface area contributed by atoms with Crippen LogP contribution in [0.1, 0.15) is 32.6 Å². The van der Waals surface area contributed by atoms with Gasteiger partial charge in [0, 0.05) is 19.0 Å². The molecule has 1 N–H and O–H groups in total. The number of likely N-dealkylation sites (tertiary alicyclic amines) is 1. The predicted octanol–water partition coefficient (Wildman–Crippen LogP) is 1.36. The molecule has 1 aliphatic heterocycles. The predicted molar refractivity (Wildman–Crippen MR) is 58.8 cm³/mol. The lowest BCUT2D eigenvalue weighted by Gasteiger charge is -2.20. The maximum Gasteiger partial charge on any atom is 0.306 e. The van der Waals surface area contributed by atoms with Gasteiger partial charge in [-0.3, -0.25) is 9.59 Å². The van der Waals surface area contributed by atoms with Crippen molar-refractivity contribution in [2.75, 3.05) is 13.1 Å². The van der Waals surface area contributed by atoms with Crippen molar-refractivity contribution in [2.45, 2.75) is 32.6 Å². The van der Waals surface area contributed by atoms with Crippen LogP contribution in [0.2, 0.25) is 0 Å². The standard InChI is InChI=1S/C12H19NO3/c1-8-4-5-13(7-8)11(14)9-2-3-10(6-9)12(15)16/h8-10H,2-7H2,1H3,(H,15,16)/t8?,9-,10+/m1/s1. The molecule has 1 aliphatic carbocycles. The average Bonchev–Trinajstić information content (AvgIpc) is 2.84. The number of amides is 1. The highest BCUT2D eigenvalue weighted by atomic mass is 16.4. The van der Waals surface area contributed by atoms with E-state index in [1.807, 2.05) is 4.90 Å². The van der Waals surface area contributed by atoms with E-state index in [9.17, 15) is 9.59 Å². The van der Waals surface area contributed by atoms with E-state index in [4.69, 9.17) is 5.11 Å². The number of carbonyl (C=O) groups is 2. The molecule has 3 atom stereocenters. The molecule has 2 fully saturated rings. The Labute approximate surface area is 95.6 Å². The summed E-state index contributed by atoms with van der Waals surface area (Å²) < 4.78 is 0. The van der Waals surface area contributed by atoms with Crippen molar-refractivity contribution >= 4 is 11.9 Å². The second-order valence-electron chi connectivity index (χ2n) is 5.22. The minimum Gasteiger partial charge on any atom is -0.481 e. The Hall–Kier alpha value is -1.06. The Morgan fingerprint density at radius 1 is 1.19 bits per heavy atom. The summed E-state index contributed by atoms with van der Waals surface area (Å²) in [5.74, 6) is -0.292. The molecule has 0 spiro atoms. The van der Waals surface area contributed by atoms with Crippen molar-refractivity contribution < 1.29 is 14.7 Å². The number of carboxylic acids is 1. The van der Waals surface area contributed by atoms with Crippen LogP contribution in [-0.4, -0.2) is 35.0 Å². The first kappa shape index (κ1) is 11.4. The number of carboxylic acid groups (broad SMARTS) is 1. The van der Waals surface area contributed by atoms with Gasteiger partial charge in [0.1, 0.15) is 0 Å². The lowest BCUT2D eigenvalue weighted by Crippen LogP contribution is -2.33. The van der Waals surface area contributed by atoms with Gasteiger partial charge in [-0.1, -0.05) is 6.92 Å². The molecular formula is C12H19NO3. The second kappa shape index (κ2) is 4.44. The summed E-state index contributed by atoms with van der Waals surface area (Å²) in [6.07, 6.45) is 3.04. The van der Waals surface area contributed by atoms with Gasteiger partial charge in [-0.25, -0.2) is 0 Å². The van der Waals surface area contributed by atoms with E-state index in [-0.39, 0.29) is 17.7 Å². The first-order chi connectivity index (χ1) is 7.58. The Balaban J connectivity index is 1.89. The number of carbonyl (C=O) groups excluding carboxylic acids is 1. The lowest BCUT2D eigenvalue weighted by molar-refractivity contribution is -0.141. The highest BCUT2D eigenvalue weighted by Crippen LogP contribution is 2.33. The van der Waals surface area contributed by atoms with E-state index in [1.165, 1.54) is 0 Å². The van der Waals surface area contributed by atoms with Gasteiger partial charge in [-0.15, -0.1) is 0 Å². The Kier molecular flexibility index (Phi) is 3.17. The summed E-state index contributed by atoms with van der Waals surface area (Å²) >= 11 is 0. The third kappa shape index (κ3) is 2.20. The van der Waals surface area contributed by atoms with Gasteiger partial charge in [-0.2, -0.15) is 0 Å². The maximum absolute atomic E-state index is 12.1. The first-order valence-electron chi connectivity index (χ1n) is 6.09. The summed E-state index contributed by atoms with van der Waals surface area (Å²) in [6, 6.07) is 0. The van der Waals surface area contributed by atoms with Crippen LogP contribution in [0.5, 0.6) is 0 Å². The molecule has 2 aliphatic rings. The lowest BCUT2D eigenvalue weighted by atomic mass is 10.0. The molecule has 1 unspecified atom stereocenters. The topological polar surface area (TPSA) is 57.6 Å². The summed E-state index contributed by atoms with van der Waals surface area (Å²) in [7, 11) is 0. The summed E-state index contributed by atoms with van der Waals surface area (Å²) in [4.78, 5) is 24.8. The van der Waals surface area contributed by atoms with Crippen LogP contribution in [0.4, 0.5) is 0 Å². The van der Waals surface area contributed by atoms with Gasteiger partial charge in [0.15, 0.2) is 0 Å². The fourth-order valence-electron chi connectivity index (χ4n) is 2.82. The fourth-order valence-corrected chi connectivity index (χ4v) is 2.82. The van der Waals surface area contributed by atoms with Crippen molar-refractivity contribution in [2.24, 2.45) is 17.8 Å². The zero-order valence-corrected chi connectivity index (χ0v) is 9.69. The molecule has 0 aromatic carbocycles. The molecule has 16 heavy (non-hydrogen) atoms. The van der Waals surface area contributed by atoms with Crippen LogP contribution in [0.15, 0.2) is 0 Å². The van der Waals surface area contributed by atoms with Crippen LogP contribution in [-0.2, 0) is 9.59 Å². The minimum absolute atomic E-state index is 0.0357. The molecule has 2 rings (SSSR count). The smallest absolute Gasteiger partial charge is 0.306 e. The van der Waals surface area contributed by atoms with E-state index in [0.29, 0.717) is 18.8 Å². The molecule has 0 bridgehead atoms. The summed E-state index contributed by atoms with van der Waals surface area (Å²) in [5, 5.41) is 8.90. The van der Waals surface area contributed by atoms with Crippen molar-refractivity contribution in [3.63, 3.8) is 0 Å². The third-order valence-corrected chi connectivity index (χ3v) is 3.87. The monoisotopic (exact) mass is 225 g/mol. The van der Waals surface area contributed by atoms with Gasteiger partial charge < -0.3 is 10.0 Å². The highest BCUT2D eigenvalue weighted by molar-refractivity contribution is 5.81. The minimum atomic E-state index is -0.745. The first-order valence-corrected chi connectivity index (χ1v) is 6.09. The number of hydrogen-bond acceptors (Lipinski definition) is 2. The zero-order valence-electron chi connectivity index (χ0n) is 9.69. The normalized spacial score (nSPS) is 34.3. The number of hydrogen-bond donors (Lipinski definition) is 1. The molecule has 1 saturated carbocycles. The molecule has 0 aromatic heterocycles. The molecule has 4 heteroatoms. The van der Waals surface area contributed by atoms with Crippen LogP contribution >= 0.6 is 0 Å². The van der Waals surface area contributed by atoms with Gasteiger partial charge >= 0.3 is 5.97 Å². The van der Waals surface area contributed by atoms with E-state index >= 15 is 0 Å². The van der Waals surface area contributed by atoms with E-state index in [1.54, 1.807) is 0 Å². The van der Waals surface area contributed by atoms with Gasteiger partial charge in [0.25, 0.3) is 0 Å². The van der Waals surface area contributed by atoms with Crippen LogP contribution < -0.4 is 0 Å². The molecule has 0 radical (unpaired) electrons. The van der Waals surface area contributed by atoms with E-state index in [2.05, 4.69) is 6.92 Å². The Bertz CT molecular complexity index is 303. The number of nitrogens with zero attached hydrogens (tertiary/aromatic N) is 1. The molecular weight excluding hydrogens is 206 g/mol. The summed E-state index contributed by atoms with van der Waals surface area (Å²) in [6.45, 7) is 3.86. The van der Waals surface area contributed by atoms with Crippen LogP contribution in [0.3, 0.4) is 0 Å². The molecule has 90 valence electrons. The summed E-state index contributed by atoms with van der Waals surface area (Å²) in [5.41, 5.74) is 0. The van der Waals surface area contributed by atoms with E-state index in [0.717, 1.165) is 25.9 Å². The number of rotatable bonds is 2. The zero-order chi connectivity index (χ0) is 11.7. The van der Waals surface area contributed by atoms with Crippen molar-refractivity contribution in [3.05, 3.63) is 0 Å². The van der Waals surface area contributed by atoms with Crippen molar-refractivity contribution in [1.82, 2.24) is 4.90 Å². The van der Waals surface area contributed by atoms with Gasteiger partial charge in [0.2, 0.25) is 5.91 Å². The van der Waals surface area contributed by atoms with Gasteiger partial charge in [0.05, 0.1) is 5.92 Å². The average molecular weight is 225 g/mol. The fraction of sp³-hybridized carbons (Fsp3) is 0.833. The largest absolute Gasteiger partial charge is 0.481 e. The molecule has 1 heterocycles. The molecule has 1 saturated heterocycles. The quantitative estimate of drug-likeness (QED) is 0.772. The second-order valence-corrected chi connectivity index (χ2v) is 5.22. The van der Waals surface area contributed by atoms with Crippen molar-refractivity contribution in [1.29, 1.82) is 0 Å². The highest BCUT2D eigenvalue weighted by Gasteiger charge is 2.37. The van der Waals surface area contributed by atoms with Gasteiger partial charge in [-0.05, 0) is 31.6 Å².